The molecule has 2 aromatic rings. The van der Waals surface area contributed by atoms with Crippen LogP contribution in [-0.2, 0) is 30.3 Å². The fraction of sp³-hybridized carbons (Fsp3) is 0.571. The van der Waals surface area contributed by atoms with E-state index < -0.39 is 27.8 Å². The first-order chi connectivity index (χ1) is 11.6. The molecule has 0 radical (unpaired) electrons. The maximum absolute atomic E-state index is 12.9. The molecule has 1 unspecified atom stereocenters. The second-order valence-corrected chi connectivity index (χ2v) is 7.97. The Hall–Kier alpha value is -1.88. The topological polar surface area (TPSA) is 73.0 Å². The molecule has 25 heavy (non-hydrogen) atoms. The zero-order chi connectivity index (χ0) is 18.4. The fourth-order valence-electron chi connectivity index (χ4n) is 3.12. The highest BCUT2D eigenvalue weighted by Gasteiger charge is 2.38. The summed E-state index contributed by atoms with van der Waals surface area (Å²) in [5, 5.41) is 3.93. The summed E-state index contributed by atoms with van der Waals surface area (Å²) in [6.07, 6.45) is -1.06. The van der Waals surface area contributed by atoms with Crippen LogP contribution in [0.15, 0.2) is 23.5 Å². The fourth-order valence-corrected chi connectivity index (χ4v) is 4.74. The minimum absolute atomic E-state index is 0.0592. The number of rotatable bonds is 3. The maximum Gasteiger partial charge on any atom is 0.434 e. The summed E-state index contributed by atoms with van der Waals surface area (Å²) in [5.74, 6) is -0.143. The molecule has 0 amide bonds. The van der Waals surface area contributed by atoms with E-state index in [0.717, 1.165) is 6.20 Å². The van der Waals surface area contributed by atoms with Gasteiger partial charge in [-0.1, -0.05) is 0 Å². The van der Waals surface area contributed by atoms with Crippen molar-refractivity contribution in [1.29, 1.82) is 0 Å². The molecule has 138 valence electrons. The Morgan fingerprint density at radius 1 is 1.28 bits per heavy atom. The van der Waals surface area contributed by atoms with Crippen molar-refractivity contribution in [2.75, 3.05) is 13.1 Å². The summed E-state index contributed by atoms with van der Waals surface area (Å²) < 4.78 is 67.9. The van der Waals surface area contributed by atoms with Crippen molar-refractivity contribution >= 4 is 10.0 Å². The summed E-state index contributed by atoms with van der Waals surface area (Å²) in [6, 6.07) is 1.40. The van der Waals surface area contributed by atoms with Gasteiger partial charge < -0.3 is 4.57 Å². The molecular weight excluding hydrogens is 359 g/mol. The van der Waals surface area contributed by atoms with E-state index in [1.54, 1.807) is 0 Å². The van der Waals surface area contributed by atoms with E-state index in [1.807, 2.05) is 0 Å². The van der Waals surface area contributed by atoms with Crippen LogP contribution in [0.5, 0.6) is 0 Å². The van der Waals surface area contributed by atoms with Crippen molar-refractivity contribution in [1.82, 2.24) is 23.6 Å². The first-order valence-electron chi connectivity index (χ1n) is 7.69. The normalized spacial score (nSPS) is 20.1. The Labute approximate surface area is 143 Å². The third-order valence-electron chi connectivity index (χ3n) is 4.33. The van der Waals surface area contributed by atoms with Crippen molar-refractivity contribution in [3.05, 3.63) is 30.0 Å². The number of imidazole rings is 1. The summed E-state index contributed by atoms with van der Waals surface area (Å²) in [5.41, 5.74) is -0.961. The highest BCUT2D eigenvalue weighted by atomic mass is 32.2. The van der Waals surface area contributed by atoms with Gasteiger partial charge in [-0.3, -0.25) is 4.68 Å². The number of nitrogens with zero attached hydrogens (tertiary/aromatic N) is 5. The second kappa shape index (κ2) is 6.13. The van der Waals surface area contributed by atoms with E-state index in [0.29, 0.717) is 19.4 Å². The first-order valence-corrected chi connectivity index (χ1v) is 9.13. The molecule has 1 fully saturated rings. The molecule has 1 atom stereocenters. The number of aromatic nitrogens is 4. The number of piperidine rings is 1. The van der Waals surface area contributed by atoms with Gasteiger partial charge in [-0.05, 0) is 18.9 Å². The molecule has 0 N–H and O–H groups in total. The van der Waals surface area contributed by atoms with Crippen LogP contribution < -0.4 is 0 Å². The largest absolute Gasteiger partial charge is 0.434 e. The molecule has 1 aliphatic rings. The highest BCUT2D eigenvalue weighted by Crippen LogP contribution is 2.33. The van der Waals surface area contributed by atoms with E-state index in [9.17, 15) is 21.6 Å². The van der Waals surface area contributed by atoms with Gasteiger partial charge in [0.15, 0.2) is 10.7 Å². The van der Waals surface area contributed by atoms with Crippen LogP contribution in [0.2, 0.25) is 0 Å². The molecule has 0 spiro atoms. The summed E-state index contributed by atoms with van der Waals surface area (Å²) >= 11 is 0. The van der Waals surface area contributed by atoms with E-state index in [-0.39, 0.29) is 17.4 Å². The first kappa shape index (κ1) is 17.9. The Morgan fingerprint density at radius 3 is 2.56 bits per heavy atom. The van der Waals surface area contributed by atoms with Crippen molar-refractivity contribution in [2.45, 2.75) is 30.0 Å². The van der Waals surface area contributed by atoms with Gasteiger partial charge in [0.1, 0.15) is 5.82 Å². The molecule has 3 rings (SSSR count). The monoisotopic (exact) mass is 377 g/mol. The zero-order valence-corrected chi connectivity index (χ0v) is 14.5. The van der Waals surface area contributed by atoms with Crippen LogP contribution in [0.3, 0.4) is 0 Å². The molecule has 0 saturated carbocycles. The van der Waals surface area contributed by atoms with Gasteiger partial charge in [0.2, 0.25) is 0 Å². The quantitative estimate of drug-likeness (QED) is 0.817. The molecule has 1 saturated heterocycles. The van der Waals surface area contributed by atoms with Gasteiger partial charge in [0.25, 0.3) is 10.0 Å². The molecular formula is C14H18F3N5O2S. The number of aryl methyl sites for hydroxylation is 2. The van der Waals surface area contributed by atoms with Gasteiger partial charge in [-0.25, -0.2) is 13.4 Å². The third-order valence-corrected chi connectivity index (χ3v) is 6.27. The Morgan fingerprint density at radius 2 is 2.00 bits per heavy atom. The van der Waals surface area contributed by atoms with E-state index in [2.05, 4.69) is 10.1 Å². The van der Waals surface area contributed by atoms with Gasteiger partial charge >= 0.3 is 6.18 Å². The van der Waals surface area contributed by atoms with E-state index in [4.69, 9.17) is 0 Å². The SMILES string of the molecule is Cn1cc(C(F)(F)F)nc1C1CCCN(S(=O)(=O)c2ccnn2C)C1. The number of alkyl halides is 3. The molecule has 2 aromatic heterocycles. The lowest BCUT2D eigenvalue weighted by molar-refractivity contribution is -0.141. The average molecular weight is 377 g/mol. The Balaban J connectivity index is 1.87. The van der Waals surface area contributed by atoms with Crippen molar-refractivity contribution in [3.63, 3.8) is 0 Å². The molecule has 0 bridgehead atoms. The summed E-state index contributed by atoms with van der Waals surface area (Å²) in [6.45, 7) is 0.413. The summed E-state index contributed by atoms with van der Waals surface area (Å²) in [7, 11) is -0.728. The van der Waals surface area contributed by atoms with Crippen molar-refractivity contribution in [3.8, 4) is 0 Å². The highest BCUT2D eigenvalue weighted by molar-refractivity contribution is 7.89. The van der Waals surface area contributed by atoms with E-state index in [1.165, 1.54) is 39.9 Å². The number of halogens is 3. The van der Waals surface area contributed by atoms with Crippen LogP contribution in [0.4, 0.5) is 13.2 Å². The molecule has 0 aromatic carbocycles. The van der Waals surface area contributed by atoms with Crippen molar-refractivity contribution < 1.29 is 21.6 Å². The predicted octanol–water partition coefficient (Wildman–Crippen LogP) is 1.74. The minimum atomic E-state index is -4.52. The lowest BCUT2D eigenvalue weighted by atomic mass is 9.99. The van der Waals surface area contributed by atoms with Crippen molar-refractivity contribution in [2.24, 2.45) is 14.1 Å². The maximum atomic E-state index is 12.9. The molecule has 11 heteroatoms. The molecule has 1 aliphatic heterocycles. The number of sulfonamides is 1. The minimum Gasteiger partial charge on any atom is -0.337 e. The molecule has 3 heterocycles. The Kier molecular flexibility index (Phi) is 4.40. The number of hydrogen-bond donors (Lipinski definition) is 0. The van der Waals surface area contributed by atoms with Gasteiger partial charge in [-0.15, -0.1) is 0 Å². The molecule has 7 nitrogen and oxygen atoms in total. The smallest absolute Gasteiger partial charge is 0.337 e. The predicted molar refractivity (Wildman–Crippen MR) is 82.2 cm³/mol. The zero-order valence-electron chi connectivity index (χ0n) is 13.7. The van der Waals surface area contributed by atoms with Crippen LogP contribution in [0.1, 0.15) is 30.3 Å². The Bertz CT molecular complexity index is 871. The average Bonchev–Trinajstić information content (AvgIpc) is 3.13. The van der Waals surface area contributed by atoms with E-state index >= 15 is 0 Å². The number of hydrogen-bond acceptors (Lipinski definition) is 4. The lowest BCUT2D eigenvalue weighted by Crippen LogP contribution is -2.40. The second-order valence-electron chi connectivity index (χ2n) is 6.09. The molecule has 0 aliphatic carbocycles. The van der Waals surface area contributed by atoms with Crippen LogP contribution in [0.25, 0.3) is 0 Å². The lowest BCUT2D eigenvalue weighted by Gasteiger charge is -2.31. The third kappa shape index (κ3) is 3.30. The summed E-state index contributed by atoms with van der Waals surface area (Å²) in [4.78, 5) is 3.70. The van der Waals surface area contributed by atoms with Gasteiger partial charge in [0.05, 0.1) is 6.20 Å². The van der Waals surface area contributed by atoms with Crippen LogP contribution in [-0.4, -0.2) is 45.1 Å². The van der Waals surface area contributed by atoms with Gasteiger partial charge in [-0.2, -0.15) is 22.6 Å². The van der Waals surface area contributed by atoms with Crippen LogP contribution >= 0.6 is 0 Å². The van der Waals surface area contributed by atoms with Gasteiger partial charge in [0, 0.05) is 39.3 Å². The van der Waals surface area contributed by atoms with Crippen LogP contribution in [0, 0.1) is 0 Å². The standard InChI is InChI=1S/C14H18F3N5O2S/c1-20-9-11(14(15,16)17)19-13(20)10-4-3-7-22(8-10)25(23,24)12-5-6-18-21(12)2/h5-6,9-10H,3-4,7-8H2,1-2H3.